The number of nitrogens with zero attached hydrogens (tertiary/aromatic N) is 3. The quantitative estimate of drug-likeness (QED) is 0.758. The van der Waals surface area contributed by atoms with Gasteiger partial charge in [0.05, 0.1) is 17.9 Å². The zero-order chi connectivity index (χ0) is 19.0. The molecule has 6 nitrogen and oxygen atoms in total. The number of aromatic nitrogens is 2. The minimum Gasteiger partial charge on any atom is -0.339 e. The number of rotatable bonds is 3. The number of pyridine rings is 1. The highest BCUT2D eigenvalue weighted by Crippen LogP contribution is 2.32. The maximum absolute atomic E-state index is 11.7. The Morgan fingerprint density at radius 1 is 1.26 bits per heavy atom. The van der Waals surface area contributed by atoms with Crippen LogP contribution in [0, 0.1) is 11.3 Å². The van der Waals surface area contributed by atoms with Gasteiger partial charge in [0.1, 0.15) is 5.65 Å². The van der Waals surface area contributed by atoms with Gasteiger partial charge in [-0.2, -0.15) is 9.57 Å². The summed E-state index contributed by atoms with van der Waals surface area (Å²) in [5, 5.41) is 10.1. The van der Waals surface area contributed by atoms with E-state index in [4.69, 9.17) is 5.26 Å². The minimum atomic E-state index is -3.17. The van der Waals surface area contributed by atoms with Gasteiger partial charge in [0.2, 0.25) is 10.0 Å². The molecule has 0 amide bonds. The van der Waals surface area contributed by atoms with Crippen LogP contribution in [0.4, 0.5) is 0 Å². The SMILES string of the molecule is CS(=O)(=O)N1CC=C(c2cc3c(-c4cccc(C#N)c4)ccnc3[nH]2)CC1. The Hall–Kier alpha value is -2.95. The van der Waals surface area contributed by atoms with Crippen LogP contribution in [0.2, 0.25) is 0 Å². The minimum absolute atomic E-state index is 0.383. The van der Waals surface area contributed by atoms with Gasteiger partial charge in [0.25, 0.3) is 0 Å². The van der Waals surface area contributed by atoms with Crippen molar-refractivity contribution >= 4 is 26.6 Å². The van der Waals surface area contributed by atoms with E-state index in [9.17, 15) is 8.42 Å². The standard InChI is InChI=1S/C20H18N4O2S/c1-27(25,26)24-9-6-15(7-10-24)19-12-18-17(5-8-22-20(18)23-19)16-4-2-3-14(11-16)13-21/h2-6,8,11-12H,7,9-10H2,1H3,(H,22,23). The van der Waals surface area contributed by atoms with Crippen LogP contribution in [0.3, 0.4) is 0 Å². The highest BCUT2D eigenvalue weighted by Gasteiger charge is 2.21. The van der Waals surface area contributed by atoms with E-state index in [1.807, 2.05) is 30.3 Å². The van der Waals surface area contributed by atoms with Crippen molar-refractivity contribution in [1.29, 1.82) is 5.26 Å². The molecule has 1 aliphatic rings. The van der Waals surface area contributed by atoms with Gasteiger partial charge < -0.3 is 4.98 Å². The van der Waals surface area contributed by atoms with E-state index in [2.05, 4.69) is 22.1 Å². The molecule has 3 aromatic rings. The summed E-state index contributed by atoms with van der Waals surface area (Å²) >= 11 is 0. The fourth-order valence-corrected chi connectivity index (χ4v) is 4.17. The molecule has 1 aromatic carbocycles. The van der Waals surface area contributed by atoms with Crippen molar-refractivity contribution in [2.24, 2.45) is 0 Å². The number of hydrogen-bond donors (Lipinski definition) is 1. The lowest BCUT2D eigenvalue weighted by Gasteiger charge is -2.23. The van der Waals surface area contributed by atoms with E-state index in [-0.39, 0.29) is 0 Å². The summed E-state index contributed by atoms with van der Waals surface area (Å²) in [6, 6.07) is 13.7. The lowest BCUT2D eigenvalue weighted by atomic mass is 10.0. The molecule has 1 N–H and O–H groups in total. The summed E-state index contributed by atoms with van der Waals surface area (Å²) in [5.74, 6) is 0. The third-order valence-corrected chi connectivity index (χ3v) is 6.09. The Morgan fingerprint density at radius 3 is 2.81 bits per heavy atom. The van der Waals surface area contributed by atoms with Crippen LogP contribution in [0.5, 0.6) is 0 Å². The lowest BCUT2D eigenvalue weighted by molar-refractivity contribution is 0.445. The molecule has 0 aliphatic carbocycles. The number of fused-ring (bicyclic) bond motifs is 1. The second-order valence-electron chi connectivity index (χ2n) is 6.60. The van der Waals surface area contributed by atoms with Crippen LogP contribution in [0.1, 0.15) is 17.7 Å². The molecule has 27 heavy (non-hydrogen) atoms. The third-order valence-electron chi connectivity index (χ3n) is 4.82. The van der Waals surface area contributed by atoms with Gasteiger partial charge >= 0.3 is 0 Å². The van der Waals surface area contributed by atoms with Gasteiger partial charge in [-0.15, -0.1) is 0 Å². The molecule has 0 fully saturated rings. The summed E-state index contributed by atoms with van der Waals surface area (Å²) in [5.41, 5.74) is 5.40. The number of H-pyrrole nitrogens is 1. The van der Waals surface area contributed by atoms with E-state index in [0.29, 0.717) is 25.1 Å². The molecule has 0 bridgehead atoms. The summed E-state index contributed by atoms with van der Waals surface area (Å²) in [6.45, 7) is 0.860. The van der Waals surface area contributed by atoms with E-state index in [0.717, 1.165) is 33.4 Å². The van der Waals surface area contributed by atoms with Crippen LogP contribution >= 0.6 is 0 Å². The van der Waals surface area contributed by atoms with Gasteiger partial charge in [-0.3, -0.25) is 0 Å². The van der Waals surface area contributed by atoms with Crippen molar-refractivity contribution in [3.8, 4) is 17.2 Å². The van der Waals surface area contributed by atoms with Gasteiger partial charge in [0, 0.05) is 30.4 Å². The average Bonchev–Trinajstić information content (AvgIpc) is 3.12. The molecule has 0 saturated heterocycles. The number of benzene rings is 1. The molecule has 0 atom stereocenters. The first kappa shape index (κ1) is 17.5. The van der Waals surface area contributed by atoms with Gasteiger partial charge in [-0.1, -0.05) is 18.2 Å². The largest absolute Gasteiger partial charge is 0.339 e. The van der Waals surface area contributed by atoms with Crippen molar-refractivity contribution in [2.75, 3.05) is 19.3 Å². The normalized spacial score (nSPS) is 15.5. The lowest BCUT2D eigenvalue weighted by Crippen LogP contribution is -2.33. The molecule has 2 aromatic heterocycles. The molecular formula is C20H18N4O2S. The van der Waals surface area contributed by atoms with Crippen molar-refractivity contribution in [3.63, 3.8) is 0 Å². The Bertz CT molecular complexity index is 1200. The number of nitriles is 1. The fraction of sp³-hybridized carbons (Fsp3) is 0.200. The Kier molecular flexibility index (Phi) is 4.30. The van der Waals surface area contributed by atoms with Crippen LogP contribution in [-0.2, 0) is 10.0 Å². The second kappa shape index (κ2) is 6.65. The summed E-state index contributed by atoms with van der Waals surface area (Å²) in [7, 11) is -3.17. The number of nitrogens with one attached hydrogen (secondary N) is 1. The summed E-state index contributed by atoms with van der Waals surface area (Å²) < 4.78 is 24.8. The zero-order valence-electron chi connectivity index (χ0n) is 14.8. The highest BCUT2D eigenvalue weighted by molar-refractivity contribution is 7.88. The second-order valence-corrected chi connectivity index (χ2v) is 8.58. The number of aromatic amines is 1. The van der Waals surface area contributed by atoms with E-state index >= 15 is 0 Å². The molecule has 0 saturated carbocycles. The van der Waals surface area contributed by atoms with E-state index in [1.54, 1.807) is 12.3 Å². The summed E-state index contributed by atoms with van der Waals surface area (Å²) in [4.78, 5) is 7.77. The first-order valence-corrected chi connectivity index (χ1v) is 10.4. The first-order valence-electron chi connectivity index (χ1n) is 8.58. The Labute approximate surface area is 157 Å². The van der Waals surface area contributed by atoms with Crippen molar-refractivity contribution in [3.05, 3.63) is 59.9 Å². The third kappa shape index (κ3) is 3.37. The molecule has 3 heterocycles. The van der Waals surface area contributed by atoms with Gasteiger partial charge in [0.15, 0.2) is 0 Å². The van der Waals surface area contributed by atoms with E-state index in [1.165, 1.54) is 10.6 Å². The van der Waals surface area contributed by atoms with Crippen LogP contribution in [0.15, 0.2) is 48.7 Å². The molecular weight excluding hydrogens is 360 g/mol. The van der Waals surface area contributed by atoms with Crippen LogP contribution in [-0.4, -0.2) is 42.0 Å². The topological polar surface area (TPSA) is 89.8 Å². The predicted molar refractivity (Wildman–Crippen MR) is 105 cm³/mol. The molecule has 136 valence electrons. The smallest absolute Gasteiger partial charge is 0.211 e. The fourth-order valence-electron chi connectivity index (χ4n) is 3.40. The predicted octanol–water partition coefficient (Wildman–Crippen LogP) is 3.15. The van der Waals surface area contributed by atoms with Gasteiger partial charge in [-0.05, 0) is 47.4 Å². The highest BCUT2D eigenvalue weighted by atomic mass is 32.2. The Morgan fingerprint density at radius 2 is 2.11 bits per heavy atom. The Balaban J connectivity index is 1.74. The average molecular weight is 378 g/mol. The maximum Gasteiger partial charge on any atom is 0.211 e. The summed E-state index contributed by atoms with van der Waals surface area (Å²) in [6.07, 6.45) is 5.59. The van der Waals surface area contributed by atoms with Crippen LogP contribution < -0.4 is 0 Å². The molecule has 1 aliphatic heterocycles. The molecule has 0 unspecified atom stereocenters. The molecule has 4 rings (SSSR count). The van der Waals surface area contributed by atoms with Crippen molar-refractivity contribution in [2.45, 2.75) is 6.42 Å². The van der Waals surface area contributed by atoms with Gasteiger partial charge in [-0.25, -0.2) is 13.4 Å². The number of sulfonamides is 1. The maximum atomic E-state index is 11.7. The monoisotopic (exact) mass is 378 g/mol. The zero-order valence-corrected chi connectivity index (χ0v) is 15.6. The van der Waals surface area contributed by atoms with E-state index < -0.39 is 10.0 Å². The molecule has 7 heteroatoms. The van der Waals surface area contributed by atoms with Crippen molar-refractivity contribution in [1.82, 2.24) is 14.3 Å². The van der Waals surface area contributed by atoms with Crippen molar-refractivity contribution < 1.29 is 8.42 Å². The first-order chi connectivity index (χ1) is 13.0. The molecule has 0 radical (unpaired) electrons. The molecule has 0 spiro atoms. The number of hydrogen-bond acceptors (Lipinski definition) is 4. The van der Waals surface area contributed by atoms with Crippen LogP contribution in [0.25, 0.3) is 27.7 Å².